The summed E-state index contributed by atoms with van der Waals surface area (Å²) < 4.78 is 1.46. The standard InChI is InChI=1S/C19H20N4O3S/c1-12(2)13(3)20-19(24)17-11-16(18-8-5-9-27-18)21-22(17)14-6-4-7-15(10-14)23(25)26/h4-13H,1-3H3,(H,20,24). The molecule has 2 aromatic heterocycles. The van der Waals surface area contributed by atoms with Crippen molar-refractivity contribution in [3.05, 3.63) is 63.7 Å². The van der Waals surface area contributed by atoms with E-state index in [0.717, 1.165) is 4.88 Å². The summed E-state index contributed by atoms with van der Waals surface area (Å²) in [5.74, 6) is 0.0120. The van der Waals surface area contributed by atoms with Crippen LogP contribution in [0, 0.1) is 16.0 Å². The number of carbonyl (C=O) groups is 1. The minimum atomic E-state index is -0.465. The third-order valence-corrected chi connectivity index (χ3v) is 5.25. The number of carbonyl (C=O) groups excluding carboxylic acids is 1. The van der Waals surface area contributed by atoms with E-state index in [0.29, 0.717) is 17.1 Å². The highest BCUT2D eigenvalue weighted by Gasteiger charge is 2.21. The lowest BCUT2D eigenvalue weighted by atomic mass is 10.1. The van der Waals surface area contributed by atoms with Crippen LogP contribution in [-0.2, 0) is 0 Å². The van der Waals surface area contributed by atoms with Crippen LogP contribution in [-0.4, -0.2) is 26.7 Å². The zero-order chi connectivity index (χ0) is 19.6. The van der Waals surface area contributed by atoms with Crippen molar-refractivity contribution in [2.45, 2.75) is 26.8 Å². The number of nitrogens with one attached hydrogen (secondary N) is 1. The number of hydrogen-bond donors (Lipinski definition) is 1. The van der Waals surface area contributed by atoms with Gasteiger partial charge in [-0.15, -0.1) is 11.3 Å². The fourth-order valence-corrected chi connectivity index (χ4v) is 3.15. The molecule has 0 aliphatic heterocycles. The highest BCUT2D eigenvalue weighted by atomic mass is 32.1. The van der Waals surface area contributed by atoms with Crippen LogP contribution in [0.25, 0.3) is 16.3 Å². The van der Waals surface area contributed by atoms with Gasteiger partial charge in [-0.05, 0) is 36.4 Å². The summed E-state index contributed by atoms with van der Waals surface area (Å²) in [5.41, 5.74) is 1.40. The molecule has 3 aromatic rings. The van der Waals surface area contributed by atoms with E-state index in [2.05, 4.69) is 10.4 Å². The first-order valence-electron chi connectivity index (χ1n) is 8.56. The fourth-order valence-electron chi connectivity index (χ4n) is 2.47. The summed E-state index contributed by atoms with van der Waals surface area (Å²) in [6.07, 6.45) is 0. The zero-order valence-corrected chi connectivity index (χ0v) is 16.1. The molecule has 1 atom stereocenters. The Morgan fingerprint density at radius 3 is 2.63 bits per heavy atom. The van der Waals surface area contributed by atoms with Crippen molar-refractivity contribution in [1.29, 1.82) is 0 Å². The van der Waals surface area contributed by atoms with E-state index in [4.69, 9.17) is 0 Å². The largest absolute Gasteiger partial charge is 0.348 e. The molecular weight excluding hydrogens is 364 g/mol. The average molecular weight is 384 g/mol. The van der Waals surface area contributed by atoms with Gasteiger partial charge in [0, 0.05) is 18.2 Å². The molecule has 1 aromatic carbocycles. The van der Waals surface area contributed by atoms with Crippen LogP contribution >= 0.6 is 11.3 Å². The van der Waals surface area contributed by atoms with E-state index in [9.17, 15) is 14.9 Å². The molecule has 0 aliphatic carbocycles. The molecule has 1 N–H and O–H groups in total. The molecule has 7 nitrogen and oxygen atoms in total. The van der Waals surface area contributed by atoms with Crippen molar-refractivity contribution in [3.63, 3.8) is 0 Å². The predicted octanol–water partition coefficient (Wildman–Crippen LogP) is 4.28. The van der Waals surface area contributed by atoms with Gasteiger partial charge in [-0.2, -0.15) is 5.10 Å². The minimum absolute atomic E-state index is 0.0175. The summed E-state index contributed by atoms with van der Waals surface area (Å²) in [7, 11) is 0. The fraction of sp³-hybridized carbons (Fsp3) is 0.263. The first-order valence-corrected chi connectivity index (χ1v) is 9.44. The van der Waals surface area contributed by atoms with Crippen molar-refractivity contribution >= 4 is 22.9 Å². The van der Waals surface area contributed by atoms with Crippen LogP contribution in [0.15, 0.2) is 47.8 Å². The van der Waals surface area contributed by atoms with Gasteiger partial charge in [0.25, 0.3) is 11.6 Å². The second-order valence-electron chi connectivity index (χ2n) is 6.59. The number of aromatic nitrogens is 2. The minimum Gasteiger partial charge on any atom is -0.348 e. The smallest absolute Gasteiger partial charge is 0.271 e. The Labute approximate surface area is 160 Å². The molecule has 0 bridgehead atoms. The van der Waals surface area contributed by atoms with Crippen LogP contribution in [0.2, 0.25) is 0 Å². The first kappa shape index (κ1) is 18.8. The van der Waals surface area contributed by atoms with E-state index in [-0.39, 0.29) is 23.6 Å². The molecule has 0 saturated carbocycles. The Kier molecular flexibility index (Phi) is 5.36. The van der Waals surface area contributed by atoms with Crippen molar-refractivity contribution in [2.24, 2.45) is 5.92 Å². The number of amides is 1. The molecule has 0 saturated heterocycles. The topological polar surface area (TPSA) is 90.1 Å². The van der Waals surface area contributed by atoms with Gasteiger partial charge in [-0.3, -0.25) is 14.9 Å². The van der Waals surface area contributed by atoms with E-state index >= 15 is 0 Å². The summed E-state index contributed by atoms with van der Waals surface area (Å²) in [5, 5.41) is 20.6. The Morgan fingerprint density at radius 2 is 2.00 bits per heavy atom. The summed E-state index contributed by atoms with van der Waals surface area (Å²) in [6, 6.07) is 11.6. The van der Waals surface area contributed by atoms with Gasteiger partial charge < -0.3 is 5.32 Å². The second kappa shape index (κ2) is 7.71. The van der Waals surface area contributed by atoms with Crippen LogP contribution in [0.4, 0.5) is 5.69 Å². The van der Waals surface area contributed by atoms with E-state index in [1.807, 2.05) is 38.3 Å². The molecule has 0 radical (unpaired) electrons. The zero-order valence-electron chi connectivity index (χ0n) is 15.2. The maximum atomic E-state index is 12.9. The first-order chi connectivity index (χ1) is 12.9. The molecule has 0 aliphatic rings. The van der Waals surface area contributed by atoms with Gasteiger partial charge in [0.1, 0.15) is 11.4 Å². The van der Waals surface area contributed by atoms with Gasteiger partial charge in [0.15, 0.2) is 0 Å². The molecule has 2 heterocycles. The normalized spacial score (nSPS) is 12.1. The van der Waals surface area contributed by atoms with E-state index in [1.54, 1.807) is 18.2 Å². The number of thiophene rings is 1. The maximum absolute atomic E-state index is 12.9. The number of nitro groups is 1. The Balaban J connectivity index is 2.07. The lowest BCUT2D eigenvalue weighted by molar-refractivity contribution is -0.384. The summed E-state index contributed by atoms with van der Waals surface area (Å²) in [4.78, 5) is 24.4. The molecule has 140 valence electrons. The van der Waals surface area contributed by atoms with Gasteiger partial charge in [-0.1, -0.05) is 26.0 Å². The number of non-ortho nitro benzene ring substituents is 1. The van der Waals surface area contributed by atoms with Gasteiger partial charge in [-0.25, -0.2) is 4.68 Å². The number of hydrogen-bond acceptors (Lipinski definition) is 5. The molecule has 0 fully saturated rings. The predicted molar refractivity (Wildman–Crippen MR) is 105 cm³/mol. The molecule has 3 rings (SSSR count). The Bertz CT molecular complexity index is 963. The Morgan fingerprint density at radius 1 is 1.22 bits per heavy atom. The van der Waals surface area contributed by atoms with Crippen molar-refractivity contribution in [1.82, 2.24) is 15.1 Å². The third kappa shape index (κ3) is 4.06. The van der Waals surface area contributed by atoms with E-state index in [1.165, 1.54) is 28.2 Å². The molecule has 0 spiro atoms. The lowest BCUT2D eigenvalue weighted by Gasteiger charge is -2.17. The number of nitrogens with zero attached hydrogens (tertiary/aromatic N) is 3. The van der Waals surface area contributed by atoms with Gasteiger partial charge in [0.05, 0.1) is 15.5 Å². The van der Waals surface area contributed by atoms with Crippen molar-refractivity contribution in [2.75, 3.05) is 0 Å². The summed E-state index contributed by atoms with van der Waals surface area (Å²) in [6.45, 7) is 6.00. The highest BCUT2D eigenvalue weighted by Crippen LogP contribution is 2.27. The monoisotopic (exact) mass is 384 g/mol. The van der Waals surface area contributed by atoms with E-state index < -0.39 is 4.92 Å². The quantitative estimate of drug-likeness (QED) is 0.507. The van der Waals surface area contributed by atoms with Crippen LogP contribution in [0.1, 0.15) is 31.3 Å². The average Bonchev–Trinajstić information content (AvgIpc) is 3.31. The van der Waals surface area contributed by atoms with Gasteiger partial charge >= 0.3 is 0 Å². The van der Waals surface area contributed by atoms with Crippen molar-refractivity contribution in [3.8, 4) is 16.3 Å². The highest BCUT2D eigenvalue weighted by molar-refractivity contribution is 7.13. The van der Waals surface area contributed by atoms with Crippen LogP contribution in [0.5, 0.6) is 0 Å². The second-order valence-corrected chi connectivity index (χ2v) is 7.53. The molecular formula is C19H20N4O3S. The molecule has 1 amide bonds. The van der Waals surface area contributed by atoms with Crippen LogP contribution in [0.3, 0.4) is 0 Å². The van der Waals surface area contributed by atoms with Crippen LogP contribution < -0.4 is 5.32 Å². The molecule has 27 heavy (non-hydrogen) atoms. The number of rotatable bonds is 6. The van der Waals surface area contributed by atoms with Gasteiger partial charge in [0.2, 0.25) is 0 Å². The molecule has 1 unspecified atom stereocenters. The Hall–Kier alpha value is -3.00. The third-order valence-electron chi connectivity index (χ3n) is 4.36. The lowest BCUT2D eigenvalue weighted by Crippen LogP contribution is -2.37. The summed E-state index contributed by atoms with van der Waals surface area (Å²) >= 11 is 1.52. The number of nitro benzene ring substituents is 1. The van der Waals surface area contributed by atoms with Crippen molar-refractivity contribution < 1.29 is 9.72 Å². The number of benzene rings is 1. The maximum Gasteiger partial charge on any atom is 0.271 e. The molecule has 8 heteroatoms. The SMILES string of the molecule is CC(C)C(C)NC(=O)c1cc(-c2cccs2)nn1-c1cccc([N+](=O)[O-])c1.